The first-order valence-corrected chi connectivity index (χ1v) is 11.3. The van der Waals surface area contributed by atoms with Gasteiger partial charge in [-0.15, -0.1) is 0 Å². The number of ether oxygens (including phenoxy) is 1. The van der Waals surface area contributed by atoms with E-state index in [1.54, 1.807) is 47.4 Å². The summed E-state index contributed by atoms with van der Waals surface area (Å²) in [4.78, 5) is 8.59. The topological polar surface area (TPSA) is 113 Å². The molecule has 0 bridgehead atoms. The van der Waals surface area contributed by atoms with E-state index in [4.69, 9.17) is 4.74 Å². The van der Waals surface area contributed by atoms with Crippen LogP contribution in [0, 0.1) is 17.1 Å². The minimum absolute atomic E-state index is 0.0102. The van der Waals surface area contributed by atoms with Gasteiger partial charge >= 0.3 is 10.2 Å². The lowest BCUT2D eigenvalue weighted by atomic mass is 10.1. The molecule has 1 fully saturated rings. The van der Waals surface area contributed by atoms with E-state index in [9.17, 15) is 22.5 Å². The Morgan fingerprint density at radius 3 is 2.85 bits per heavy atom. The Morgan fingerprint density at radius 2 is 2.09 bits per heavy atom. The van der Waals surface area contributed by atoms with Gasteiger partial charge in [-0.1, -0.05) is 0 Å². The van der Waals surface area contributed by atoms with Gasteiger partial charge in [0.2, 0.25) is 0 Å². The number of benzene rings is 2. The molecule has 0 saturated carbocycles. The van der Waals surface area contributed by atoms with Crippen LogP contribution in [0.15, 0.2) is 49.1 Å². The number of rotatable bonds is 5. The molecule has 2 aromatic heterocycles. The molecule has 0 aliphatic carbocycles. The van der Waals surface area contributed by atoms with Crippen molar-refractivity contribution >= 4 is 32.4 Å². The standard InChI is InChI=1S/C21H16F2N6O3S/c22-13-5-7-29(11-13)33(30,31)27-19-4-2-17(23)20(16(19)10-24)32-14-1-3-18-15(9-14)21-25-6-8-28(21)12-26-18/h1-4,6,8-9,12-13,27H,5,7,11H2/t13-/m1/s1. The molecule has 1 saturated heterocycles. The van der Waals surface area contributed by atoms with Crippen molar-refractivity contribution in [3.8, 4) is 17.6 Å². The van der Waals surface area contributed by atoms with Crippen molar-refractivity contribution in [1.82, 2.24) is 18.7 Å². The Kier molecular flexibility index (Phi) is 5.07. The lowest BCUT2D eigenvalue weighted by Gasteiger charge is -2.18. The molecule has 33 heavy (non-hydrogen) atoms. The highest BCUT2D eigenvalue weighted by molar-refractivity contribution is 7.90. The van der Waals surface area contributed by atoms with Gasteiger partial charge in [0, 0.05) is 30.9 Å². The predicted molar refractivity (Wildman–Crippen MR) is 115 cm³/mol. The van der Waals surface area contributed by atoms with E-state index < -0.39 is 27.9 Å². The molecule has 1 N–H and O–H groups in total. The number of nitrogens with one attached hydrogen (secondary N) is 1. The van der Waals surface area contributed by atoms with Crippen molar-refractivity contribution < 1.29 is 21.9 Å². The molecule has 0 spiro atoms. The van der Waals surface area contributed by atoms with Crippen molar-refractivity contribution in [3.05, 3.63) is 60.4 Å². The molecule has 1 atom stereocenters. The zero-order chi connectivity index (χ0) is 23.2. The third-order valence-electron chi connectivity index (χ3n) is 5.31. The van der Waals surface area contributed by atoms with Crippen LogP contribution < -0.4 is 9.46 Å². The maximum absolute atomic E-state index is 14.7. The Hall–Kier alpha value is -3.82. The molecular weight excluding hydrogens is 454 g/mol. The Morgan fingerprint density at radius 1 is 1.24 bits per heavy atom. The molecule has 4 aromatic rings. The minimum atomic E-state index is -4.13. The van der Waals surface area contributed by atoms with Gasteiger partial charge in [-0.05, 0) is 36.8 Å². The number of nitriles is 1. The number of anilines is 1. The van der Waals surface area contributed by atoms with Gasteiger partial charge in [0.25, 0.3) is 0 Å². The fraction of sp³-hybridized carbons (Fsp3) is 0.190. The van der Waals surface area contributed by atoms with Gasteiger partial charge in [-0.25, -0.2) is 18.7 Å². The maximum Gasteiger partial charge on any atom is 0.301 e. The number of hydrogen-bond donors (Lipinski definition) is 1. The van der Waals surface area contributed by atoms with E-state index in [0.29, 0.717) is 16.6 Å². The third-order valence-corrected chi connectivity index (χ3v) is 6.80. The molecule has 1 aliphatic rings. The van der Waals surface area contributed by atoms with Gasteiger partial charge in [-0.2, -0.15) is 18.0 Å². The summed E-state index contributed by atoms with van der Waals surface area (Å²) in [6.45, 7) is -0.272. The lowest BCUT2D eigenvalue weighted by Crippen LogP contribution is -2.34. The highest BCUT2D eigenvalue weighted by Crippen LogP contribution is 2.35. The highest BCUT2D eigenvalue weighted by Gasteiger charge is 2.32. The summed E-state index contributed by atoms with van der Waals surface area (Å²) in [7, 11) is -4.13. The van der Waals surface area contributed by atoms with Crippen LogP contribution in [-0.4, -0.2) is 46.4 Å². The summed E-state index contributed by atoms with van der Waals surface area (Å²) in [5.41, 5.74) is 0.742. The van der Waals surface area contributed by atoms with Crippen LogP contribution in [0.4, 0.5) is 14.5 Å². The molecular formula is C21H16F2N6O3S. The molecule has 2 aromatic carbocycles. The third kappa shape index (κ3) is 3.81. The SMILES string of the molecule is N#Cc1c(NS(=O)(=O)N2CC[C@@H](F)C2)ccc(F)c1Oc1ccc2ncn3ccnc3c2c1. The van der Waals surface area contributed by atoms with E-state index in [-0.39, 0.29) is 36.5 Å². The van der Waals surface area contributed by atoms with Gasteiger partial charge in [0.05, 0.1) is 11.2 Å². The second kappa shape index (κ2) is 7.95. The molecule has 0 radical (unpaired) electrons. The summed E-state index contributed by atoms with van der Waals surface area (Å²) in [6.07, 6.45) is 3.78. The van der Waals surface area contributed by atoms with Crippen LogP contribution in [-0.2, 0) is 10.2 Å². The van der Waals surface area contributed by atoms with Crippen LogP contribution in [0.3, 0.4) is 0 Å². The summed E-state index contributed by atoms with van der Waals surface area (Å²) in [6, 6.07) is 8.73. The van der Waals surface area contributed by atoms with Gasteiger partial charge in [-0.3, -0.25) is 9.12 Å². The zero-order valence-corrected chi connectivity index (χ0v) is 17.8. The number of nitrogens with zero attached hydrogens (tertiary/aromatic N) is 5. The number of fused-ring (bicyclic) bond motifs is 3. The number of imidazole rings is 1. The van der Waals surface area contributed by atoms with E-state index in [1.165, 1.54) is 0 Å². The average Bonchev–Trinajstić information content (AvgIpc) is 3.45. The fourth-order valence-corrected chi connectivity index (χ4v) is 4.97. The minimum Gasteiger partial charge on any atom is -0.453 e. The average molecular weight is 470 g/mol. The van der Waals surface area contributed by atoms with E-state index in [2.05, 4.69) is 14.7 Å². The van der Waals surface area contributed by atoms with Crippen molar-refractivity contribution in [2.45, 2.75) is 12.6 Å². The monoisotopic (exact) mass is 470 g/mol. The fourth-order valence-electron chi connectivity index (χ4n) is 3.69. The van der Waals surface area contributed by atoms with Crippen LogP contribution in [0.5, 0.6) is 11.5 Å². The number of halogens is 2. The van der Waals surface area contributed by atoms with E-state index in [1.807, 2.05) is 0 Å². The quantitative estimate of drug-likeness (QED) is 0.479. The Labute approximate surface area is 187 Å². The summed E-state index contributed by atoms with van der Waals surface area (Å²) in [5, 5.41) is 10.3. The first kappa shape index (κ1) is 21.0. The summed E-state index contributed by atoms with van der Waals surface area (Å²) >= 11 is 0. The molecule has 0 unspecified atom stereocenters. The molecule has 168 valence electrons. The second-order valence-corrected chi connectivity index (χ2v) is 9.12. The van der Waals surface area contributed by atoms with Crippen molar-refractivity contribution in [2.75, 3.05) is 17.8 Å². The Bertz CT molecular complexity index is 1530. The second-order valence-electron chi connectivity index (χ2n) is 7.45. The lowest BCUT2D eigenvalue weighted by molar-refractivity contribution is 0.343. The molecule has 9 nitrogen and oxygen atoms in total. The van der Waals surface area contributed by atoms with Gasteiger partial charge in [0.1, 0.15) is 35.5 Å². The summed E-state index contributed by atoms with van der Waals surface area (Å²) in [5.74, 6) is -1.09. The molecule has 0 amide bonds. The van der Waals surface area contributed by atoms with Crippen LogP contribution in [0.2, 0.25) is 0 Å². The zero-order valence-electron chi connectivity index (χ0n) is 16.9. The molecule has 1 aliphatic heterocycles. The highest BCUT2D eigenvalue weighted by atomic mass is 32.2. The van der Waals surface area contributed by atoms with Gasteiger partial charge in [0.15, 0.2) is 11.6 Å². The normalized spacial score (nSPS) is 16.8. The summed E-state index contributed by atoms with van der Waals surface area (Å²) < 4.78 is 63.9. The number of alkyl halides is 1. The Balaban J connectivity index is 1.52. The van der Waals surface area contributed by atoms with Gasteiger partial charge < -0.3 is 4.74 Å². The first-order chi connectivity index (χ1) is 15.9. The smallest absolute Gasteiger partial charge is 0.301 e. The van der Waals surface area contributed by atoms with Crippen LogP contribution >= 0.6 is 0 Å². The largest absolute Gasteiger partial charge is 0.453 e. The number of aromatic nitrogens is 3. The number of hydrogen-bond acceptors (Lipinski definition) is 6. The van der Waals surface area contributed by atoms with Crippen molar-refractivity contribution in [3.63, 3.8) is 0 Å². The molecule has 12 heteroatoms. The van der Waals surface area contributed by atoms with Crippen LogP contribution in [0.1, 0.15) is 12.0 Å². The first-order valence-electron chi connectivity index (χ1n) is 9.89. The maximum atomic E-state index is 14.7. The van der Waals surface area contributed by atoms with E-state index >= 15 is 0 Å². The van der Waals surface area contributed by atoms with Crippen molar-refractivity contribution in [1.29, 1.82) is 5.26 Å². The molecule has 3 heterocycles. The van der Waals surface area contributed by atoms with Crippen molar-refractivity contribution in [2.24, 2.45) is 0 Å². The van der Waals surface area contributed by atoms with Crippen LogP contribution in [0.25, 0.3) is 16.6 Å². The molecule has 5 rings (SSSR count). The van der Waals surface area contributed by atoms with E-state index in [0.717, 1.165) is 16.4 Å². The predicted octanol–water partition coefficient (Wildman–Crippen LogP) is 3.39.